The van der Waals surface area contributed by atoms with E-state index in [1.807, 2.05) is 6.92 Å². The lowest BCUT2D eigenvalue weighted by molar-refractivity contribution is 0.0963. The molecule has 0 bridgehead atoms. The van der Waals surface area contributed by atoms with Crippen LogP contribution in [0.15, 0.2) is 4.99 Å². The lowest BCUT2D eigenvalue weighted by atomic mass is 9.82. The molecule has 6 nitrogen and oxygen atoms in total. The van der Waals surface area contributed by atoms with Crippen molar-refractivity contribution in [1.29, 1.82) is 0 Å². The topological polar surface area (TPSA) is 66.0 Å². The van der Waals surface area contributed by atoms with Crippen molar-refractivity contribution in [3.8, 4) is 0 Å². The Labute approximate surface area is 152 Å². The van der Waals surface area contributed by atoms with Crippen molar-refractivity contribution in [2.24, 2.45) is 16.8 Å². The Kier molecular flexibility index (Phi) is 8.35. The largest absolute Gasteiger partial charge is 0.450 e. The van der Waals surface area contributed by atoms with Crippen molar-refractivity contribution in [2.45, 2.75) is 65.3 Å². The minimum atomic E-state index is -0.187. The second-order valence-corrected chi connectivity index (χ2v) is 7.46. The quantitative estimate of drug-likeness (QED) is 0.590. The van der Waals surface area contributed by atoms with Gasteiger partial charge < -0.3 is 20.3 Å². The molecule has 0 spiro atoms. The van der Waals surface area contributed by atoms with Gasteiger partial charge in [0.15, 0.2) is 5.96 Å². The van der Waals surface area contributed by atoms with Crippen LogP contribution in [0.25, 0.3) is 0 Å². The lowest BCUT2D eigenvalue weighted by Gasteiger charge is -2.32. The van der Waals surface area contributed by atoms with E-state index < -0.39 is 0 Å². The Balaban J connectivity index is 1.79. The molecule has 25 heavy (non-hydrogen) atoms. The third-order valence-corrected chi connectivity index (χ3v) is 5.26. The second kappa shape index (κ2) is 10.5. The predicted octanol–water partition coefficient (Wildman–Crippen LogP) is 2.99. The van der Waals surface area contributed by atoms with Gasteiger partial charge in [-0.1, -0.05) is 19.8 Å². The molecule has 0 aromatic heterocycles. The summed E-state index contributed by atoms with van der Waals surface area (Å²) in [7, 11) is 0. The van der Waals surface area contributed by atoms with Gasteiger partial charge in [-0.05, 0) is 51.4 Å². The average molecular weight is 353 g/mol. The molecule has 2 unspecified atom stereocenters. The Hall–Kier alpha value is -1.46. The third kappa shape index (κ3) is 6.75. The molecule has 0 aromatic carbocycles. The van der Waals surface area contributed by atoms with Gasteiger partial charge in [-0.2, -0.15) is 0 Å². The molecule has 0 radical (unpaired) electrons. The molecule has 6 heteroatoms. The van der Waals surface area contributed by atoms with Gasteiger partial charge in [0.05, 0.1) is 6.61 Å². The molecule has 144 valence electrons. The first-order chi connectivity index (χ1) is 12.1. The molecule has 0 aromatic rings. The van der Waals surface area contributed by atoms with Crippen LogP contribution in [0, 0.1) is 11.8 Å². The summed E-state index contributed by atoms with van der Waals surface area (Å²) in [5.74, 6) is 2.50. The predicted molar refractivity (Wildman–Crippen MR) is 102 cm³/mol. The number of ether oxygens (including phenoxy) is 1. The van der Waals surface area contributed by atoms with Gasteiger partial charge in [0, 0.05) is 32.2 Å². The summed E-state index contributed by atoms with van der Waals surface area (Å²) in [6.07, 6.45) is 7.02. The summed E-state index contributed by atoms with van der Waals surface area (Å²) in [5.41, 5.74) is 0. The maximum absolute atomic E-state index is 11.8. The van der Waals surface area contributed by atoms with E-state index in [1.165, 1.54) is 25.7 Å². The minimum absolute atomic E-state index is 0.187. The van der Waals surface area contributed by atoms with E-state index in [4.69, 9.17) is 9.73 Å². The molecule has 2 N–H and O–H groups in total. The Morgan fingerprint density at radius 2 is 1.96 bits per heavy atom. The average Bonchev–Trinajstić information content (AvgIpc) is 2.61. The summed E-state index contributed by atoms with van der Waals surface area (Å²) in [6.45, 7) is 10.0. The summed E-state index contributed by atoms with van der Waals surface area (Å²) in [4.78, 5) is 18.4. The highest BCUT2D eigenvalue weighted by Gasteiger charge is 2.24. The zero-order valence-electron chi connectivity index (χ0n) is 16.2. The molecular weight excluding hydrogens is 316 g/mol. The van der Waals surface area contributed by atoms with Gasteiger partial charge in [-0.15, -0.1) is 0 Å². The van der Waals surface area contributed by atoms with Gasteiger partial charge >= 0.3 is 6.09 Å². The van der Waals surface area contributed by atoms with Crippen LogP contribution >= 0.6 is 0 Å². The number of amides is 1. The van der Waals surface area contributed by atoms with Crippen molar-refractivity contribution >= 4 is 12.1 Å². The highest BCUT2D eigenvalue weighted by atomic mass is 16.6. The van der Waals surface area contributed by atoms with Crippen molar-refractivity contribution in [1.82, 2.24) is 15.5 Å². The van der Waals surface area contributed by atoms with E-state index in [-0.39, 0.29) is 6.09 Å². The first-order valence-electron chi connectivity index (χ1n) is 10.1. The maximum Gasteiger partial charge on any atom is 0.409 e. The molecule has 1 amide bonds. The van der Waals surface area contributed by atoms with Crippen LogP contribution < -0.4 is 10.6 Å². The van der Waals surface area contributed by atoms with Gasteiger partial charge in [-0.3, -0.25) is 4.99 Å². The van der Waals surface area contributed by atoms with Crippen LogP contribution in [0.4, 0.5) is 4.79 Å². The molecule has 2 rings (SSSR count). The molecule has 2 fully saturated rings. The van der Waals surface area contributed by atoms with Gasteiger partial charge in [-0.25, -0.2) is 4.79 Å². The van der Waals surface area contributed by atoms with Crippen molar-refractivity contribution < 1.29 is 9.53 Å². The Morgan fingerprint density at radius 1 is 1.20 bits per heavy atom. The van der Waals surface area contributed by atoms with Gasteiger partial charge in [0.2, 0.25) is 0 Å². The summed E-state index contributed by atoms with van der Waals surface area (Å²) < 4.78 is 5.08. The fourth-order valence-corrected chi connectivity index (χ4v) is 3.88. The molecule has 1 saturated heterocycles. The lowest BCUT2D eigenvalue weighted by Crippen LogP contribution is -2.50. The monoisotopic (exact) mass is 352 g/mol. The minimum Gasteiger partial charge on any atom is -0.450 e. The summed E-state index contributed by atoms with van der Waals surface area (Å²) >= 11 is 0. The number of carbonyl (C=O) groups excluding carboxylic acids is 1. The van der Waals surface area contributed by atoms with Crippen LogP contribution in [0.3, 0.4) is 0 Å². The van der Waals surface area contributed by atoms with E-state index >= 15 is 0 Å². The number of guanidine groups is 1. The third-order valence-electron chi connectivity index (χ3n) is 5.26. The number of nitrogens with zero attached hydrogens (tertiary/aromatic N) is 2. The van der Waals surface area contributed by atoms with Gasteiger partial charge in [0.1, 0.15) is 0 Å². The number of hydrogen-bond donors (Lipinski definition) is 2. The van der Waals surface area contributed by atoms with E-state index in [0.29, 0.717) is 12.6 Å². The number of aliphatic imine (C=N–C) groups is 1. The van der Waals surface area contributed by atoms with E-state index in [2.05, 4.69) is 24.5 Å². The molecule has 2 aliphatic rings. The van der Waals surface area contributed by atoms with Gasteiger partial charge in [0.25, 0.3) is 0 Å². The first kappa shape index (κ1) is 19.9. The standard InChI is InChI=1S/C19H36N4O2/c1-4-20-18(21-14-16-8-6-7-15(3)13-16)22-17-9-11-23(12-10-17)19(24)25-5-2/h15-17H,4-14H2,1-3H3,(H2,20,21,22). The molecular formula is C19H36N4O2. The van der Waals surface area contributed by atoms with Crippen LogP contribution in [0.2, 0.25) is 0 Å². The SMILES string of the molecule is CCNC(=NCC1CCCC(C)C1)NC1CCN(C(=O)OCC)CC1. The van der Waals surface area contributed by atoms with E-state index in [0.717, 1.165) is 56.8 Å². The van der Waals surface area contributed by atoms with Crippen LogP contribution in [-0.4, -0.2) is 55.8 Å². The van der Waals surface area contributed by atoms with Crippen LogP contribution in [0.5, 0.6) is 0 Å². The molecule has 1 aliphatic heterocycles. The number of likely N-dealkylation sites (tertiary alicyclic amines) is 1. The zero-order valence-corrected chi connectivity index (χ0v) is 16.2. The number of carbonyl (C=O) groups is 1. The Morgan fingerprint density at radius 3 is 2.60 bits per heavy atom. The van der Waals surface area contributed by atoms with Crippen molar-refractivity contribution in [3.05, 3.63) is 0 Å². The summed E-state index contributed by atoms with van der Waals surface area (Å²) in [6, 6.07) is 0.369. The fourth-order valence-electron chi connectivity index (χ4n) is 3.88. The zero-order chi connectivity index (χ0) is 18.1. The second-order valence-electron chi connectivity index (χ2n) is 7.46. The highest BCUT2D eigenvalue weighted by Crippen LogP contribution is 2.28. The van der Waals surface area contributed by atoms with Crippen molar-refractivity contribution in [2.75, 3.05) is 32.8 Å². The number of rotatable bonds is 5. The number of piperidine rings is 1. The van der Waals surface area contributed by atoms with Crippen molar-refractivity contribution in [3.63, 3.8) is 0 Å². The molecule has 1 heterocycles. The maximum atomic E-state index is 11.8. The molecule has 1 aliphatic carbocycles. The fraction of sp³-hybridized carbons (Fsp3) is 0.895. The van der Waals surface area contributed by atoms with E-state index in [9.17, 15) is 4.79 Å². The van der Waals surface area contributed by atoms with Crippen LogP contribution in [-0.2, 0) is 4.74 Å². The van der Waals surface area contributed by atoms with E-state index in [1.54, 1.807) is 4.90 Å². The van der Waals surface area contributed by atoms with Crippen LogP contribution in [0.1, 0.15) is 59.3 Å². The molecule has 2 atom stereocenters. The first-order valence-corrected chi connectivity index (χ1v) is 10.1. The highest BCUT2D eigenvalue weighted by molar-refractivity contribution is 5.80. The number of nitrogens with one attached hydrogen (secondary N) is 2. The summed E-state index contributed by atoms with van der Waals surface area (Å²) in [5, 5.41) is 6.93. The molecule has 1 saturated carbocycles. The number of hydrogen-bond acceptors (Lipinski definition) is 3. The Bertz CT molecular complexity index is 433. The normalized spacial score (nSPS) is 25.6. The smallest absolute Gasteiger partial charge is 0.409 e.